The Hall–Kier alpha value is -2.96. The lowest BCUT2D eigenvalue weighted by atomic mass is 10.2. The molecule has 1 aromatic heterocycles. The Morgan fingerprint density at radius 3 is 2.90 bits per heavy atom. The van der Waals surface area contributed by atoms with E-state index in [2.05, 4.69) is 10.3 Å². The molecule has 0 aliphatic carbocycles. The second kappa shape index (κ2) is 6.47. The maximum atomic E-state index is 12.1. The third-order valence-electron chi connectivity index (χ3n) is 2.62. The van der Waals surface area contributed by atoms with Crippen molar-refractivity contribution >= 4 is 17.4 Å². The molecule has 1 N–H and O–H groups in total. The summed E-state index contributed by atoms with van der Waals surface area (Å²) in [4.78, 5) is 26.3. The number of nitro groups is 1. The van der Waals surface area contributed by atoms with Crippen LogP contribution in [0.2, 0.25) is 0 Å². The Kier molecular flexibility index (Phi) is 4.45. The van der Waals surface area contributed by atoms with Crippen LogP contribution in [0.3, 0.4) is 0 Å². The first-order chi connectivity index (χ1) is 10.1. The number of nitrogens with zero attached hydrogens (tertiary/aromatic N) is 2. The van der Waals surface area contributed by atoms with Gasteiger partial charge in [0.05, 0.1) is 11.5 Å². The molecule has 1 aromatic carbocycles. The van der Waals surface area contributed by atoms with Crippen LogP contribution < -0.4 is 10.1 Å². The fourth-order valence-electron chi connectivity index (χ4n) is 1.70. The first-order valence-corrected chi connectivity index (χ1v) is 6.25. The van der Waals surface area contributed by atoms with Gasteiger partial charge in [0.15, 0.2) is 11.6 Å². The zero-order valence-electron chi connectivity index (χ0n) is 11.3. The highest BCUT2D eigenvalue weighted by atomic mass is 16.6. The van der Waals surface area contributed by atoms with Crippen molar-refractivity contribution in [3.63, 3.8) is 0 Å². The molecular weight excluding hydrogens is 274 g/mol. The van der Waals surface area contributed by atoms with Crippen LogP contribution in [0, 0.1) is 10.1 Å². The monoisotopic (exact) mass is 287 g/mol. The molecule has 0 atom stereocenters. The molecular formula is C14H13N3O4. The number of ether oxygens (including phenoxy) is 1. The predicted molar refractivity (Wildman–Crippen MR) is 76.5 cm³/mol. The van der Waals surface area contributed by atoms with E-state index in [0.29, 0.717) is 12.4 Å². The molecule has 0 unspecified atom stereocenters. The van der Waals surface area contributed by atoms with Gasteiger partial charge in [-0.25, -0.2) is 4.98 Å². The number of benzene rings is 1. The number of aromatic nitrogens is 1. The van der Waals surface area contributed by atoms with Crippen molar-refractivity contribution in [1.82, 2.24) is 4.98 Å². The lowest BCUT2D eigenvalue weighted by Crippen LogP contribution is -2.14. The van der Waals surface area contributed by atoms with E-state index < -0.39 is 10.8 Å². The van der Waals surface area contributed by atoms with Gasteiger partial charge in [0.25, 0.3) is 11.6 Å². The Morgan fingerprint density at radius 2 is 2.19 bits per heavy atom. The number of rotatable bonds is 5. The Bertz CT molecular complexity index is 673. The number of nitro benzene ring substituents is 1. The summed E-state index contributed by atoms with van der Waals surface area (Å²) in [5.74, 6) is 0.230. The maximum Gasteiger partial charge on any atom is 0.270 e. The van der Waals surface area contributed by atoms with Crippen LogP contribution in [-0.4, -0.2) is 22.4 Å². The Balaban J connectivity index is 2.22. The van der Waals surface area contributed by atoms with Gasteiger partial charge in [-0.3, -0.25) is 14.9 Å². The van der Waals surface area contributed by atoms with Crippen molar-refractivity contribution < 1.29 is 14.5 Å². The van der Waals surface area contributed by atoms with Gasteiger partial charge in [-0.05, 0) is 25.1 Å². The summed E-state index contributed by atoms with van der Waals surface area (Å²) in [6.45, 7) is 2.25. The van der Waals surface area contributed by atoms with E-state index in [1.54, 1.807) is 12.1 Å². The lowest BCUT2D eigenvalue weighted by Gasteiger charge is -2.09. The van der Waals surface area contributed by atoms with Gasteiger partial charge in [-0.15, -0.1) is 0 Å². The highest BCUT2D eigenvalue weighted by Gasteiger charge is 2.14. The average Bonchev–Trinajstić information content (AvgIpc) is 2.49. The van der Waals surface area contributed by atoms with Gasteiger partial charge in [-0.2, -0.15) is 0 Å². The lowest BCUT2D eigenvalue weighted by molar-refractivity contribution is -0.384. The second-order valence-electron chi connectivity index (χ2n) is 4.04. The minimum atomic E-state index is -0.552. The van der Waals surface area contributed by atoms with Crippen molar-refractivity contribution in [3.05, 3.63) is 58.3 Å². The number of nitrogens with one attached hydrogen (secondary N) is 1. The largest absolute Gasteiger partial charge is 0.490 e. The third-order valence-corrected chi connectivity index (χ3v) is 2.62. The molecule has 7 nitrogen and oxygen atoms in total. The minimum absolute atomic E-state index is 0.145. The molecule has 1 heterocycles. The quantitative estimate of drug-likeness (QED) is 0.673. The Morgan fingerprint density at radius 1 is 1.38 bits per heavy atom. The summed E-state index contributed by atoms with van der Waals surface area (Å²) in [7, 11) is 0. The van der Waals surface area contributed by atoms with Gasteiger partial charge >= 0.3 is 0 Å². The smallest absolute Gasteiger partial charge is 0.270 e. The molecule has 0 saturated heterocycles. The summed E-state index contributed by atoms with van der Waals surface area (Å²) < 4.78 is 5.35. The molecule has 0 radical (unpaired) electrons. The van der Waals surface area contributed by atoms with Crippen LogP contribution in [0.1, 0.15) is 17.3 Å². The zero-order valence-corrected chi connectivity index (χ0v) is 11.3. The average molecular weight is 287 g/mol. The number of hydrogen-bond donors (Lipinski definition) is 1. The van der Waals surface area contributed by atoms with Crippen molar-refractivity contribution in [2.45, 2.75) is 6.92 Å². The molecule has 0 aliphatic heterocycles. The molecule has 0 spiro atoms. The molecule has 0 saturated carbocycles. The molecule has 1 amide bonds. The molecule has 2 rings (SSSR count). The van der Waals surface area contributed by atoms with E-state index in [0.717, 1.165) is 0 Å². The standard InChI is InChI=1S/C14H13N3O4/c1-2-21-12-7-4-8-15-13(12)16-14(18)10-5-3-6-11(9-10)17(19)20/h3-9H,2H2,1H3,(H,15,16,18). The van der Waals surface area contributed by atoms with Crippen molar-refractivity contribution in [2.24, 2.45) is 0 Å². The summed E-state index contributed by atoms with van der Waals surface area (Å²) in [5, 5.41) is 13.3. The maximum absolute atomic E-state index is 12.1. The summed E-state index contributed by atoms with van der Waals surface area (Å²) in [6, 6.07) is 8.84. The highest BCUT2D eigenvalue weighted by Crippen LogP contribution is 2.22. The van der Waals surface area contributed by atoms with Gasteiger partial charge in [0.2, 0.25) is 0 Å². The topological polar surface area (TPSA) is 94.4 Å². The number of amides is 1. The molecule has 0 aliphatic rings. The fraction of sp³-hybridized carbons (Fsp3) is 0.143. The number of pyridine rings is 1. The van der Waals surface area contributed by atoms with Crippen LogP contribution in [0.4, 0.5) is 11.5 Å². The van der Waals surface area contributed by atoms with Gasteiger partial charge in [0, 0.05) is 23.9 Å². The van der Waals surface area contributed by atoms with E-state index in [9.17, 15) is 14.9 Å². The number of non-ortho nitro benzene ring substituents is 1. The SMILES string of the molecule is CCOc1cccnc1NC(=O)c1cccc([N+](=O)[O-])c1. The second-order valence-corrected chi connectivity index (χ2v) is 4.04. The van der Waals surface area contributed by atoms with Crippen LogP contribution >= 0.6 is 0 Å². The van der Waals surface area contributed by atoms with Crippen molar-refractivity contribution in [1.29, 1.82) is 0 Å². The normalized spacial score (nSPS) is 9.95. The van der Waals surface area contributed by atoms with Crippen LogP contribution in [-0.2, 0) is 0 Å². The fourth-order valence-corrected chi connectivity index (χ4v) is 1.70. The first kappa shape index (κ1) is 14.4. The molecule has 0 bridgehead atoms. The predicted octanol–water partition coefficient (Wildman–Crippen LogP) is 2.64. The van der Waals surface area contributed by atoms with E-state index >= 15 is 0 Å². The first-order valence-electron chi connectivity index (χ1n) is 6.25. The molecule has 21 heavy (non-hydrogen) atoms. The number of anilines is 1. The minimum Gasteiger partial charge on any atom is -0.490 e. The molecule has 108 valence electrons. The molecule has 2 aromatic rings. The summed E-state index contributed by atoms with van der Waals surface area (Å²) in [6.07, 6.45) is 1.52. The third kappa shape index (κ3) is 3.53. The number of carbonyl (C=O) groups excluding carboxylic acids is 1. The van der Waals surface area contributed by atoms with Gasteiger partial charge in [0.1, 0.15) is 0 Å². The zero-order chi connectivity index (χ0) is 15.2. The number of carbonyl (C=O) groups is 1. The van der Waals surface area contributed by atoms with Gasteiger partial charge in [-0.1, -0.05) is 6.07 Å². The van der Waals surface area contributed by atoms with Crippen LogP contribution in [0.15, 0.2) is 42.6 Å². The van der Waals surface area contributed by atoms with Crippen molar-refractivity contribution in [2.75, 3.05) is 11.9 Å². The van der Waals surface area contributed by atoms with E-state index in [-0.39, 0.29) is 17.1 Å². The van der Waals surface area contributed by atoms with Gasteiger partial charge < -0.3 is 10.1 Å². The van der Waals surface area contributed by atoms with Crippen LogP contribution in [0.25, 0.3) is 0 Å². The van der Waals surface area contributed by atoms with E-state index in [4.69, 9.17) is 4.74 Å². The number of hydrogen-bond acceptors (Lipinski definition) is 5. The van der Waals surface area contributed by atoms with Crippen LogP contribution in [0.5, 0.6) is 5.75 Å². The summed E-state index contributed by atoms with van der Waals surface area (Å²) in [5.41, 5.74) is 0.0333. The Labute approximate surface area is 120 Å². The highest BCUT2D eigenvalue weighted by molar-refractivity contribution is 6.04. The van der Waals surface area contributed by atoms with Crippen molar-refractivity contribution in [3.8, 4) is 5.75 Å². The molecule has 0 fully saturated rings. The van der Waals surface area contributed by atoms with E-state index in [1.807, 2.05) is 6.92 Å². The molecule has 7 heteroatoms. The van der Waals surface area contributed by atoms with E-state index in [1.165, 1.54) is 30.5 Å². The summed E-state index contributed by atoms with van der Waals surface area (Å²) >= 11 is 0.